The smallest absolute Gasteiger partial charge is 0.461 e. The molecule has 0 bridgehead atoms. The number of hydrogen-bond donors (Lipinski definition) is 0. The summed E-state index contributed by atoms with van der Waals surface area (Å²) < 4.78 is 64.2. The zero-order valence-corrected chi connectivity index (χ0v) is 16.5. The van der Waals surface area contributed by atoms with E-state index in [0.29, 0.717) is 12.2 Å². The number of halogens is 4. The van der Waals surface area contributed by atoms with Gasteiger partial charge in [0, 0.05) is 6.08 Å². The molecule has 0 saturated heterocycles. The summed E-state index contributed by atoms with van der Waals surface area (Å²) >= 11 is 0. The van der Waals surface area contributed by atoms with Crippen molar-refractivity contribution in [3.63, 3.8) is 0 Å². The number of rotatable bonds is 10. The lowest BCUT2D eigenvalue weighted by Gasteiger charge is -2.16. The normalized spacial score (nSPS) is 11.5. The molecule has 31 heavy (non-hydrogen) atoms. The summed E-state index contributed by atoms with van der Waals surface area (Å²) in [5, 5.41) is 0. The number of benzene rings is 2. The van der Waals surface area contributed by atoms with Crippen molar-refractivity contribution in [2.24, 2.45) is 0 Å². The van der Waals surface area contributed by atoms with Crippen molar-refractivity contribution in [3.05, 3.63) is 65.7 Å². The summed E-state index contributed by atoms with van der Waals surface area (Å²) in [5.41, 5.74) is 0.681. The van der Waals surface area contributed by atoms with Crippen LogP contribution < -0.4 is 9.47 Å². The van der Waals surface area contributed by atoms with E-state index < -0.39 is 30.2 Å². The Kier molecular flexibility index (Phi) is 8.60. The van der Waals surface area contributed by atoms with E-state index in [-0.39, 0.29) is 11.3 Å². The molecule has 0 aliphatic heterocycles. The minimum Gasteiger partial charge on any atom is -0.463 e. The van der Waals surface area contributed by atoms with E-state index in [9.17, 15) is 27.2 Å². The molecule has 0 spiro atoms. The van der Waals surface area contributed by atoms with Gasteiger partial charge in [0.1, 0.15) is 11.5 Å². The Hall–Kier alpha value is -3.36. The van der Waals surface area contributed by atoms with Crippen LogP contribution in [0.1, 0.15) is 35.7 Å². The van der Waals surface area contributed by atoms with E-state index in [2.05, 4.69) is 4.74 Å². The molecule has 2 aromatic rings. The topological polar surface area (TPSA) is 61.8 Å². The van der Waals surface area contributed by atoms with Gasteiger partial charge >= 0.3 is 24.5 Å². The molecule has 0 fully saturated rings. The maximum Gasteiger partial charge on any atom is 0.461 e. The molecule has 0 aromatic heterocycles. The second-order valence-electron chi connectivity index (χ2n) is 6.30. The van der Waals surface area contributed by atoms with E-state index in [1.54, 1.807) is 18.2 Å². The molecule has 0 aliphatic rings. The average molecular weight is 440 g/mol. The molecule has 0 saturated carbocycles. The molecule has 0 atom stereocenters. The van der Waals surface area contributed by atoms with Crippen LogP contribution in [0.3, 0.4) is 0 Å². The number of carbonyl (C=O) groups is 2. The molecule has 0 N–H and O–H groups in total. The minimum absolute atomic E-state index is 0.00603. The molecule has 166 valence electrons. The van der Waals surface area contributed by atoms with Gasteiger partial charge in [0.2, 0.25) is 0 Å². The zero-order chi connectivity index (χ0) is 22.9. The Morgan fingerprint density at radius 3 is 2.19 bits per heavy atom. The van der Waals surface area contributed by atoms with Crippen molar-refractivity contribution in [2.75, 3.05) is 6.61 Å². The van der Waals surface area contributed by atoms with Crippen molar-refractivity contribution >= 4 is 18.0 Å². The summed E-state index contributed by atoms with van der Waals surface area (Å²) in [7, 11) is 0. The summed E-state index contributed by atoms with van der Waals surface area (Å²) in [6.45, 7) is 2.34. The fourth-order valence-electron chi connectivity index (χ4n) is 2.20. The van der Waals surface area contributed by atoms with Gasteiger partial charge < -0.3 is 14.2 Å². The first-order chi connectivity index (χ1) is 14.7. The van der Waals surface area contributed by atoms with Gasteiger partial charge in [-0.15, -0.1) is 0 Å². The standard InChI is InChI=1S/C22H20F4O5/c1-2-3-14-29-19(27)13-6-15-4-9-17(10-5-15)30-20(28)16-7-11-18(12-8-16)31-22(25,26)21(23)24/h4-13,21H,2-3,14H2,1H3. The summed E-state index contributed by atoms with van der Waals surface area (Å²) in [6, 6.07) is 10.4. The van der Waals surface area contributed by atoms with Crippen LogP contribution in [0.2, 0.25) is 0 Å². The van der Waals surface area contributed by atoms with Crippen LogP contribution in [0, 0.1) is 0 Å². The van der Waals surface area contributed by atoms with Crippen molar-refractivity contribution < 1.29 is 41.4 Å². The molecular weight excluding hydrogens is 420 g/mol. The lowest BCUT2D eigenvalue weighted by atomic mass is 10.2. The predicted octanol–water partition coefficient (Wildman–Crippen LogP) is 5.50. The highest BCUT2D eigenvalue weighted by molar-refractivity contribution is 5.91. The summed E-state index contributed by atoms with van der Waals surface area (Å²) in [6.07, 6.45) is -4.07. The quantitative estimate of drug-likeness (QED) is 0.161. The third-order valence-electron chi connectivity index (χ3n) is 3.84. The van der Waals surface area contributed by atoms with Gasteiger partial charge in [-0.25, -0.2) is 9.59 Å². The highest BCUT2D eigenvalue weighted by atomic mass is 19.3. The summed E-state index contributed by atoms with van der Waals surface area (Å²) in [5.74, 6) is -1.55. The third kappa shape index (κ3) is 7.76. The Morgan fingerprint density at radius 1 is 1.00 bits per heavy atom. The van der Waals surface area contributed by atoms with Gasteiger partial charge in [0.25, 0.3) is 0 Å². The number of alkyl halides is 4. The number of unbranched alkanes of at least 4 members (excludes halogenated alkanes) is 1. The highest BCUT2D eigenvalue weighted by Crippen LogP contribution is 2.27. The lowest BCUT2D eigenvalue weighted by Crippen LogP contribution is -2.33. The van der Waals surface area contributed by atoms with Crippen molar-refractivity contribution in [2.45, 2.75) is 32.3 Å². The number of esters is 2. The lowest BCUT2D eigenvalue weighted by molar-refractivity contribution is -0.253. The SMILES string of the molecule is CCCCOC(=O)C=Cc1ccc(OC(=O)c2ccc(OC(F)(F)C(F)F)cc2)cc1. The van der Waals surface area contributed by atoms with E-state index in [0.717, 1.165) is 37.1 Å². The third-order valence-corrected chi connectivity index (χ3v) is 3.84. The molecule has 0 heterocycles. The van der Waals surface area contributed by atoms with E-state index in [1.807, 2.05) is 6.92 Å². The van der Waals surface area contributed by atoms with Crippen molar-refractivity contribution in [3.8, 4) is 11.5 Å². The van der Waals surface area contributed by atoms with E-state index >= 15 is 0 Å². The minimum atomic E-state index is -4.63. The van der Waals surface area contributed by atoms with Crippen LogP contribution >= 0.6 is 0 Å². The zero-order valence-electron chi connectivity index (χ0n) is 16.5. The van der Waals surface area contributed by atoms with Gasteiger partial charge in [-0.1, -0.05) is 25.5 Å². The molecular formula is C22H20F4O5. The highest BCUT2D eigenvalue weighted by Gasteiger charge is 2.43. The number of ether oxygens (including phenoxy) is 3. The number of hydrogen-bond acceptors (Lipinski definition) is 5. The maximum atomic E-state index is 12.9. The molecule has 0 aliphatic carbocycles. The van der Waals surface area contributed by atoms with Crippen molar-refractivity contribution in [1.29, 1.82) is 0 Å². The van der Waals surface area contributed by atoms with Gasteiger partial charge in [0.05, 0.1) is 12.2 Å². The van der Waals surface area contributed by atoms with E-state index in [1.165, 1.54) is 18.2 Å². The number of carbonyl (C=O) groups excluding carboxylic acids is 2. The molecule has 2 aromatic carbocycles. The van der Waals surface area contributed by atoms with Gasteiger partial charge in [0.15, 0.2) is 0 Å². The van der Waals surface area contributed by atoms with Crippen LogP contribution in [0.25, 0.3) is 6.08 Å². The Morgan fingerprint density at radius 2 is 1.61 bits per heavy atom. The molecule has 0 radical (unpaired) electrons. The predicted molar refractivity (Wildman–Crippen MR) is 104 cm³/mol. The monoisotopic (exact) mass is 440 g/mol. The Labute approximate surface area is 176 Å². The van der Waals surface area contributed by atoms with E-state index in [4.69, 9.17) is 9.47 Å². The first kappa shape index (κ1) is 23.9. The van der Waals surface area contributed by atoms with Crippen LogP contribution in [-0.4, -0.2) is 31.1 Å². The second-order valence-corrected chi connectivity index (χ2v) is 6.30. The summed E-state index contributed by atoms with van der Waals surface area (Å²) in [4.78, 5) is 23.7. The first-order valence-corrected chi connectivity index (χ1v) is 9.33. The fourth-order valence-corrected chi connectivity index (χ4v) is 2.20. The van der Waals surface area contributed by atoms with Crippen molar-refractivity contribution in [1.82, 2.24) is 0 Å². The first-order valence-electron chi connectivity index (χ1n) is 9.33. The van der Waals surface area contributed by atoms with Gasteiger partial charge in [-0.05, 0) is 54.5 Å². The molecule has 2 rings (SSSR count). The Bertz CT molecular complexity index is 893. The largest absolute Gasteiger partial charge is 0.463 e. The molecule has 5 nitrogen and oxygen atoms in total. The molecule has 0 unspecified atom stereocenters. The molecule has 0 amide bonds. The average Bonchev–Trinajstić information content (AvgIpc) is 2.73. The fraction of sp³-hybridized carbons (Fsp3) is 0.273. The van der Waals surface area contributed by atoms with Crippen LogP contribution in [0.5, 0.6) is 11.5 Å². The maximum absolute atomic E-state index is 12.9. The Balaban J connectivity index is 1.91. The molecule has 9 heteroatoms. The second kappa shape index (κ2) is 11.1. The van der Waals surface area contributed by atoms with Crippen LogP contribution in [-0.2, 0) is 9.53 Å². The van der Waals surface area contributed by atoms with Crippen LogP contribution in [0.4, 0.5) is 17.6 Å². The van der Waals surface area contributed by atoms with Gasteiger partial charge in [-0.3, -0.25) is 0 Å². The van der Waals surface area contributed by atoms with Gasteiger partial charge in [-0.2, -0.15) is 17.6 Å². The van der Waals surface area contributed by atoms with Crippen LogP contribution in [0.15, 0.2) is 54.6 Å².